The number of rotatable bonds is 7. The molecule has 0 spiro atoms. The van der Waals surface area contributed by atoms with Gasteiger partial charge in [0.15, 0.2) is 0 Å². The molecule has 0 aliphatic heterocycles. The van der Waals surface area contributed by atoms with Gasteiger partial charge in [-0.15, -0.1) is 0 Å². The van der Waals surface area contributed by atoms with Gasteiger partial charge in [0.25, 0.3) is 0 Å². The summed E-state index contributed by atoms with van der Waals surface area (Å²) in [7, 11) is 0. The summed E-state index contributed by atoms with van der Waals surface area (Å²) in [4.78, 5) is 10.9. The van der Waals surface area contributed by atoms with Crippen LogP contribution in [0, 0.1) is 6.92 Å². The van der Waals surface area contributed by atoms with Crippen LogP contribution in [0.3, 0.4) is 0 Å². The second-order valence-electron chi connectivity index (χ2n) is 5.77. The fourth-order valence-electron chi connectivity index (χ4n) is 2.58. The highest BCUT2D eigenvalue weighted by atomic mass is 16.5. The predicted octanol–water partition coefficient (Wildman–Crippen LogP) is 4.93. The molecule has 0 radical (unpaired) electrons. The molecular formula is C21H20O5. The summed E-state index contributed by atoms with van der Waals surface area (Å²) in [6.07, 6.45) is 0. The molecule has 0 atom stereocenters. The van der Waals surface area contributed by atoms with Crippen molar-refractivity contribution >= 4 is 5.97 Å². The summed E-state index contributed by atoms with van der Waals surface area (Å²) in [5.74, 6) is 0.948. The molecule has 3 aromatic rings. The minimum Gasteiger partial charge on any atom is -0.494 e. The van der Waals surface area contributed by atoms with Gasteiger partial charge in [-0.25, -0.2) is 4.79 Å². The second-order valence-corrected chi connectivity index (χ2v) is 5.77. The Balaban J connectivity index is 1.65. The molecule has 2 aromatic carbocycles. The lowest BCUT2D eigenvalue weighted by molar-refractivity contribution is 0.0661. The van der Waals surface area contributed by atoms with Crippen molar-refractivity contribution in [2.45, 2.75) is 20.5 Å². The van der Waals surface area contributed by atoms with E-state index in [2.05, 4.69) is 0 Å². The topological polar surface area (TPSA) is 68.9 Å². The monoisotopic (exact) mass is 352 g/mol. The summed E-state index contributed by atoms with van der Waals surface area (Å²) in [6.45, 7) is 4.58. The van der Waals surface area contributed by atoms with E-state index in [0.717, 1.165) is 22.4 Å². The van der Waals surface area contributed by atoms with E-state index in [9.17, 15) is 4.79 Å². The van der Waals surface area contributed by atoms with Crippen molar-refractivity contribution in [1.82, 2.24) is 0 Å². The molecule has 0 amide bonds. The van der Waals surface area contributed by atoms with Crippen LogP contribution in [-0.4, -0.2) is 17.7 Å². The summed E-state index contributed by atoms with van der Waals surface area (Å²) in [5, 5.41) is 8.95. The minimum absolute atomic E-state index is 0.0769. The maximum Gasteiger partial charge on any atom is 0.371 e. The fraction of sp³-hybridized carbons (Fsp3) is 0.190. The molecule has 0 aliphatic carbocycles. The van der Waals surface area contributed by atoms with Gasteiger partial charge in [0.1, 0.15) is 23.9 Å². The fourth-order valence-corrected chi connectivity index (χ4v) is 2.58. The van der Waals surface area contributed by atoms with Crippen molar-refractivity contribution in [3.8, 4) is 22.6 Å². The maximum atomic E-state index is 10.9. The Morgan fingerprint density at radius 2 is 1.50 bits per heavy atom. The number of carboxylic acids is 1. The normalized spacial score (nSPS) is 10.5. The highest BCUT2D eigenvalue weighted by Gasteiger charge is 2.13. The molecule has 26 heavy (non-hydrogen) atoms. The summed E-state index contributed by atoms with van der Waals surface area (Å²) in [5.41, 5.74) is 2.89. The quantitative estimate of drug-likeness (QED) is 0.653. The maximum absolute atomic E-state index is 10.9. The van der Waals surface area contributed by atoms with Crippen molar-refractivity contribution in [1.29, 1.82) is 0 Å². The van der Waals surface area contributed by atoms with E-state index in [4.69, 9.17) is 19.0 Å². The smallest absolute Gasteiger partial charge is 0.371 e. The molecule has 1 aromatic heterocycles. The number of ether oxygens (including phenoxy) is 2. The SMILES string of the molecule is CCOc1ccc(-c2ccc(OCc3cc(C(=O)O)oc3C)cc2)cc1. The zero-order chi connectivity index (χ0) is 18.5. The van der Waals surface area contributed by atoms with E-state index in [1.54, 1.807) is 6.92 Å². The van der Waals surface area contributed by atoms with Crippen molar-refractivity contribution < 1.29 is 23.8 Å². The Morgan fingerprint density at radius 1 is 0.962 bits per heavy atom. The predicted molar refractivity (Wildman–Crippen MR) is 97.8 cm³/mol. The summed E-state index contributed by atoms with van der Waals surface area (Å²) >= 11 is 0. The van der Waals surface area contributed by atoms with Crippen LogP contribution in [0.2, 0.25) is 0 Å². The minimum atomic E-state index is -1.08. The highest BCUT2D eigenvalue weighted by molar-refractivity contribution is 5.84. The number of aromatic carboxylic acids is 1. The Kier molecular flexibility index (Phi) is 5.27. The summed E-state index contributed by atoms with van der Waals surface area (Å²) in [6, 6.07) is 17.2. The lowest BCUT2D eigenvalue weighted by Gasteiger charge is -2.08. The average Bonchev–Trinajstić information content (AvgIpc) is 3.03. The largest absolute Gasteiger partial charge is 0.494 e. The van der Waals surface area contributed by atoms with E-state index < -0.39 is 5.97 Å². The lowest BCUT2D eigenvalue weighted by atomic mass is 10.1. The molecule has 1 heterocycles. The van der Waals surface area contributed by atoms with Gasteiger partial charge in [-0.05, 0) is 55.3 Å². The Morgan fingerprint density at radius 3 is 1.96 bits per heavy atom. The van der Waals surface area contributed by atoms with Crippen LogP contribution in [0.15, 0.2) is 59.0 Å². The van der Waals surface area contributed by atoms with Gasteiger partial charge >= 0.3 is 5.97 Å². The zero-order valence-electron chi connectivity index (χ0n) is 14.7. The van der Waals surface area contributed by atoms with Gasteiger partial charge in [-0.2, -0.15) is 0 Å². The number of hydrogen-bond acceptors (Lipinski definition) is 4. The van der Waals surface area contributed by atoms with Gasteiger partial charge in [0, 0.05) is 5.56 Å². The second kappa shape index (κ2) is 7.78. The molecule has 0 fully saturated rings. The lowest BCUT2D eigenvalue weighted by Crippen LogP contribution is -1.96. The van der Waals surface area contributed by atoms with Gasteiger partial charge in [-0.3, -0.25) is 0 Å². The third kappa shape index (κ3) is 4.06. The zero-order valence-corrected chi connectivity index (χ0v) is 14.7. The van der Waals surface area contributed by atoms with E-state index >= 15 is 0 Å². The van der Waals surface area contributed by atoms with E-state index in [-0.39, 0.29) is 12.4 Å². The number of carbonyl (C=O) groups is 1. The molecule has 0 unspecified atom stereocenters. The van der Waals surface area contributed by atoms with E-state index in [0.29, 0.717) is 18.1 Å². The van der Waals surface area contributed by atoms with Crippen LogP contribution in [-0.2, 0) is 6.61 Å². The van der Waals surface area contributed by atoms with Gasteiger partial charge in [0.05, 0.1) is 6.61 Å². The van der Waals surface area contributed by atoms with Gasteiger partial charge in [-0.1, -0.05) is 24.3 Å². The van der Waals surface area contributed by atoms with Crippen molar-refractivity contribution in [3.63, 3.8) is 0 Å². The molecule has 0 saturated carbocycles. The van der Waals surface area contributed by atoms with Crippen molar-refractivity contribution in [3.05, 3.63) is 71.7 Å². The highest BCUT2D eigenvalue weighted by Crippen LogP contribution is 2.25. The molecule has 0 aliphatic rings. The molecule has 0 bridgehead atoms. The number of carboxylic acid groups (broad SMARTS) is 1. The Hall–Kier alpha value is -3.21. The third-order valence-corrected chi connectivity index (χ3v) is 3.98. The average molecular weight is 352 g/mol. The Labute approximate surface area is 151 Å². The van der Waals surface area contributed by atoms with Crippen LogP contribution < -0.4 is 9.47 Å². The summed E-state index contributed by atoms with van der Waals surface area (Å²) < 4.78 is 16.4. The van der Waals surface area contributed by atoms with Crippen molar-refractivity contribution in [2.24, 2.45) is 0 Å². The number of hydrogen-bond donors (Lipinski definition) is 1. The number of furan rings is 1. The van der Waals surface area contributed by atoms with Gasteiger partial charge < -0.3 is 19.0 Å². The van der Waals surface area contributed by atoms with E-state index in [1.165, 1.54) is 6.07 Å². The van der Waals surface area contributed by atoms with Crippen LogP contribution in [0.5, 0.6) is 11.5 Å². The molecule has 134 valence electrons. The molecular weight excluding hydrogens is 332 g/mol. The number of aryl methyl sites for hydroxylation is 1. The first-order valence-electron chi connectivity index (χ1n) is 8.35. The molecule has 3 rings (SSSR count). The Bertz CT molecular complexity index is 876. The van der Waals surface area contributed by atoms with Crippen LogP contribution in [0.1, 0.15) is 28.8 Å². The third-order valence-electron chi connectivity index (χ3n) is 3.98. The first-order chi connectivity index (χ1) is 12.6. The van der Waals surface area contributed by atoms with Crippen LogP contribution in [0.25, 0.3) is 11.1 Å². The molecule has 0 saturated heterocycles. The molecule has 1 N–H and O–H groups in total. The first-order valence-corrected chi connectivity index (χ1v) is 8.35. The van der Waals surface area contributed by atoms with E-state index in [1.807, 2.05) is 55.5 Å². The standard InChI is InChI=1S/C21H20O5/c1-3-24-18-8-4-15(5-9-18)16-6-10-19(11-7-16)25-13-17-12-20(21(22)23)26-14(17)2/h4-12H,3,13H2,1-2H3,(H,22,23). The van der Waals surface area contributed by atoms with Gasteiger partial charge in [0.2, 0.25) is 5.76 Å². The molecule has 5 nitrogen and oxygen atoms in total. The van der Waals surface area contributed by atoms with Crippen LogP contribution >= 0.6 is 0 Å². The number of benzene rings is 2. The van der Waals surface area contributed by atoms with Crippen molar-refractivity contribution in [2.75, 3.05) is 6.61 Å². The molecule has 5 heteroatoms. The van der Waals surface area contributed by atoms with Crippen LogP contribution in [0.4, 0.5) is 0 Å². The first kappa shape index (κ1) is 17.6.